The molecule has 0 aliphatic heterocycles. The summed E-state index contributed by atoms with van der Waals surface area (Å²) in [7, 11) is 1.57. The number of anilines is 1. The van der Waals surface area contributed by atoms with Gasteiger partial charge in [0.15, 0.2) is 0 Å². The number of pyridine rings is 1. The number of amides is 2. The highest BCUT2D eigenvalue weighted by molar-refractivity contribution is 5.91. The van der Waals surface area contributed by atoms with Gasteiger partial charge in [0.1, 0.15) is 5.75 Å². The highest BCUT2D eigenvalue weighted by atomic mass is 16.5. The molecule has 0 unspecified atom stereocenters. The molecule has 6 heteroatoms. The monoisotopic (exact) mass is 329 g/mol. The number of nitrogens with one attached hydrogen (secondary N) is 2. The van der Waals surface area contributed by atoms with Gasteiger partial charge in [0.05, 0.1) is 12.8 Å². The number of unbranched alkanes of at least 4 members (excludes halogenated alkanes) is 1. The lowest BCUT2D eigenvalue weighted by Gasteiger charge is -2.12. The van der Waals surface area contributed by atoms with Crippen molar-refractivity contribution in [3.8, 4) is 5.75 Å². The van der Waals surface area contributed by atoms with Crippen molar-refractivity contribution < 1.29 is 9.53 Å². The Balaban J connectivity index is 1.73. The van der Waals surface area contributed by atoms with Crippen LogP contribution in [0.3, 0.4) is 0 Å². The minimum Gasteiger partial charge on any atom is -0.495 e. The van der Waals surface area contributed by atoms with Gasteiger partial charge in [-0.05, 0) is 43.5 Å². The minimum atomic E-state index is -0.268. The van der Waals surface area contributed by atoms with Gasteiger partial charge in [0, 0.05) is 25.4 Å². The van der Waals surface area contributed by atoms with E-state index in [1.54, 1.807) is 30.0 Å². The van der Waals surface area contributed by atoms with Crippen LogP contribution in [0.4, 0.5) is 10.5 Å². The Hall–Kier alpha value is -2.76. The molecule has 0 spiro atoms. The number of hydrogen-bond donors (Lipinski definition) is 2. The molecule has 0 saturated carbocycles. The second-order valence-electron chi connectivity index (χ2n) is 5.52. The molecule has 0 bridgehead atoms. The van der Waals surface area contributed by atoms with E-state index in [1.165, 1.54) is 0 Å². The molecule has 0 atom stereocenters. The van der Waals surface area contributed by atoms with Gasteiger partial charge < -0.3 is 19.9 Å². The van der Waals surface area contributed by atoms with Crippen LogP contribution in [-0.4, -0.2) is 24.3 Å². The van der Waals surface area contributed by atoms with E-state index in [0.717, 1.165) is 18.4 Å². The fourth-order valence-electron chi connectivity index (χ4n) is 2.34. The predicted octanol–water partition coefficient (Wildman–Crippen LogP) is 2.77. The Kier molecular flexibility index (Phi) is 6.42. The number of urea groups is 1. The maximum absolute atomic E-state index is 11.9. The molecule has 0 fully saturated rings. The second-order valence-corrected chi connectivity index (χ2v) is 5.52. The van der Waals surface area contributed by atoms with Crippen LogP contribution in [0.5, 0.6) is 5.75 Å². The van der Waals surface area contributed by atoms with Crippen LogP contribution in [0, 0.1) is 6.92 Å². The van der Waals surface area contributed by atoms with Crippen LogP contribution in [0.1, 0.15) is 18.4 Å². The highest BCUT2D eigenvalue weighted by Crippen LogP contribution is 2.24. The van der Waals surface area contributed by atoms with E-state index < -0.39 is 0 Å². The number of ether oxygens (including phenoxy) is 1. The molecule has 24 heavy (non-hydrogen) atoms. The molecule has 2 amide bonds. The summed E-state index contributed by atoms with van der Waals surface area (Å²) in [6, 6.07) is 10.4. The number of aromatic nitrogens is 1. The van der Waals surface area contributed by atoms with Gasteiger partial charge in [-0.2, -0.15) is 0 Å². The van der Waals surface area contributed by atoms with E-state index >= 15 is 0 Å². The molecule has 128 valence electrons. The first-order chi connectivity index (χ1) is 11.6. The normalized spacial score (nSPS) is 10.2. The Morgan fingerprint density at radius 2 is 2.04 bits per heavy atom. The molecule has 0 aliphatic rings. The van der Waals surface area contributed by atoms with E-state index in [1.807, 2.05) is 31.2 Å². The molecule has 2 rings (SSSR count). The molecular formula is C18H23N3O3. The summed E-state index contributed by atoms with van der Waals surface area (Å²) in [5.74, 6) is 0.624. The van der Waals surface area contributed by atoms with Gasteiger partial charge in [0.2, 0.25) is 5.56 Å². The third kappa shape index (κ3) is 5.15. The molecule has 0 radical (unpaired) electrons. The first-order valence-corrected chi connectivity index (χ1v) is 7.95. The molecule has 0 saturated heterocycles. The molecule has 2 N–H and O–H groups in total. The summed E-state index contributed by atoms with van der Waals surface area (Å²) in [4.78, 5) is 23.5. The van der Waals surface area contributed by atoms with Crippen molar-refractivity contribution in [3.63, 3.8) is 0 Å². The lowest BCUT2D eigenvalue weighted by Crippen LogP contribution is -2.30. The number of hydrogen-bond acceptors (Lipinski definition) is 3. The smallest absolute Gasteiger partial charge is 0.319 e. The number of rotatable bonds is 7. The van der Waals surface area contributed by atoms with Crippen LogP contribution >= 0.6 is 0 Å². The van der Waals surface area contributed by atoms with E-state index in [4.69, 9.17) is 4.74 Å². The largest absolute Gasteiger partial charge is 0.495 e. The number of carbonyl (C=O) groups excluding carboxylic acids is 1. The van der Waals surface area contributed by atoms with Crippen molar-refractivity contribution in [2.24, 2.45) is 0 Å². The Morgan fingerprint density at radius 1 is 1.21 bits per heavy atom. The zero-order valence-electron chi connectivity index (χ0n) is 14.0. The fourth-order valence-corrected chi connectivity index (χ4v) is 2.34. The van der Waals surface area contributed by atoms with E-state index in [9.17, 15) is 9.59 Å². The molecule has 1 aromatic carbocycles. The Morgan fingerprint density at radius 3 is 2.79 bits per heavy atom. The van der Waals surface area contributed by atoms with Crippen LogP contribution in [0.2, 0.25) is 0 Å². The third-order valence-corrected chi connectivity index (χ3v) is 3.61. The molecule has 2 aromatic rings. The summed E-state index contributed by atoms with van der Waals surface area (Å²) in [5, 5.41) is 5.60. The molecule has 1 heterocycles. The fraction of sp³-hybridized carbons (Fsp3) is 0.333. The number of nitrogens with zero attached hydrogens (tertiary/aromatic N) is 1. The first kappa shape index (κ1) is 17.6. The van der Waals surface area contributed by atoms with Gasteiger partial charge in [-0.15, -0.1) is 0 Å². The average Bonchev–Trinajstić information content (AvgIpc) is 2.56. The van der Waals surface area contributed by atoms with Gasteiger partial charge in [-0.25, -0.2) is 4.79 Å². The molecule has 6 nitrogen and oxygen atoms in total. The number of methoxy groups -OCH3 is 1. The van der Waals surface area contributed by atoms with Crippen molar-refractivity contribution in [3.05, 3.63) is 58.5 Å². The average molecular weight is 329 g/mol. The first-order valence-electron chi connectivity index (χ1n) is 7.95. The second kappa shape index (κ2) is 8.76. The van der Waals surface area contributed by atoms with Gasteiger partial charge >= 0.3 is 6.03 Å². The summed E-state index contributed by atoms with van der Waals surface area (Å²) < 4.78 is 6.89. The maximum Gasteiger partial charge on any atom is 0.319 e. The molecule has 1 aromatic heterocycles. The predicted molar refractivity (Wildman–Crippen MR) is 94.7 cm³/mol. The van der Waals surface area contributed by atoms with Crippen molar-refractivity contribution in [2.75, 3.05) is 19.0 Å². The van der Waals surface area contributed by atoms with Gasteiger partial charge in [-0.1, -0.05) is 12.1 Å². The molecule has 0 aliphatic carbocycles. The molecular weight excluding hydrogens is 306 g/mol. The van der Waals surface area contributed by atoms with Crippen molar-refractivity contribution in [1.82, 2.24) is 9.88 Å². The van der Waals surface area contributed by atoms with E-state index in [-0.39, 0.29) is 11.6 Å². The van der Waals surface area contributed by atoms with Gasteiger partial charge in [0.25, 0.3) is 0 Å². The van der Waals surface area contributed by atoms with E-state index in [2.05, 4.69) is 10.6 Å². The minimum absolute atomic E-state index is 0.00487. The van der Waals surface area contributed by atoms with Crippen molar-refractivity contribution >= 4 is 11.7 Å². The highest BCUT2D eigenvalue weighted by Gasteiger charge is 2.07. The van der Waals surface area contributed by atoms with Crippen LogP contribution in [0.15, 0.2) is 47.4 Å². The Labute approximate surface area is 141 Å². The van der Waals surface area contributed by atoms with Crippen LogP contribution in [-0.2, 0) is 6.54 Å². The Bertz CT molecular complexity index is 740. The SMILES string of the molecule is COc1ccc(C)cc1NC(=O)NCCCCn1ccccc1=O. The topological polar surface area (TPSA) is 72.4 Å². The van der Waals surface area contributed by atoms with Gasteiger partial charge in [-0.3, -0.25) is 4.79 Å². The number of carbonyl (C=O) groups is 1. The van der Waals surface area contributed by atoms with Crippen LogP contribution < -0.4 is 20.9 Å². The zero-order chi connectivity index (χ0) is 17.4. The lowest BCUT2D eigenvalue weighted by molar-refractivity contribution is 0.251. The van der Waals surface area contributed by atoms with Crippen molar-refractivity contribution in [2.45, 2.75) is 26.3 Å². The summed E-state index contributed by atoms with van der Waals surface area (Å²) >= 11 is 0. The van der Waals surface area contributed by atoms with Crippen molar-refractivity contribution in [1.29, 1.82) is 0 Å². The third-order valence-electron chi connectivity index (χ3n) is 3.61. The quantitative estimate of drug-likeness (QED) is 0.767. The number of benzene rings is 1. The van der Waals surface area contributed by atoms with Crippen LogP contribution in [0.25, 0.3) is 0 Å². The maximum atomic E-state index is 11.9. The summed E-state index contributed by atoms with van der Waals surface area (Å²) in [6.07, 6.45) is 3.38. The zero-order valence-corrected chi connectivity index (χ0v) is 14.0. The summed E-state index contributed by atoms with van der Waals surface area (Å²) in [6.45, 7) is 3.14. The number of aryl methyl sites for hydroxylation is 2. The summed E-state index contributed by atoms with van der Waals surface area (Å²) in [5.41, 5.74) is 1.68. The lowest BCUT2D eigenvalue weighted by atomic mass is 10.2. The van der Waals surface area contributed by atoms with E-state index in [0.29, 0.717) is 24.5 Å². The standard InChI is InChI=1S/C18H23N3O3/c1-14-8-9-16(24-2)15(13-14)20-18(23)19-10-4-6-12-21-11-5-3-7-17(21)22/h3,5,7-9,11,13H,4,6,10,12H2,1-2H3,(H2,19,20,23).